The first-order chi connectivity index (χ1) is 9.24. The molecule has 2 heteroatoms. The van der Waals surface area contributed by atoms with E-state index in [0.717, 1.165) is 17.9 Å². The molecular formula is C17H26FN. The van der Waals surface area contributed by atoms with Crippen LogP contribution in [0, 0.1) is 11.7 Å². The van der Waals surface area contributed by atoms with Crippen LogP contribution in [0.3, 0.4) is 0 Å². The number of rotatable bonds is 5. The number of nitrogens with one attached hydrogen (secondary N) is 1. The Hall–Kier alpha value is -0.890. The molecule has 1 saturated carbocycles. The minimum absolute atomic E-state index is 0.0795. The Morgan fingerprint density at radius 3 is 2.42 bits per heavy atom. The summed E-state index contributed by atoms with van der Waals surface area (Å²) in [5, 5.41) is 3.67. The quantitative estimate of drug-likeness (QED) is 0.802. The van der Waals surface area contributed by atoms with Crippen LogP contribution in [-0.2, 0) is 0 Å². The lowest BCUT2D eigenvalue weighted by Crippen LogP contribution is -2.36. The lowest BCUT2D eigenvalue weighted by atomic mass is 9.84. The van der Waals surface area contributed by atoms with Crippen molar-refractivity contribution >= 4 is 0 Å². The molecule has 1 nitrogen and oxygen atoms in total. The second-order valence-corrected chi connectivity index (χ2v) is 5.77. The van der Waals surface area contributed by atoms with Crippen LogP contribution in [0.25, 0.3) is 0 Å². The second-order valence-electron chi connectivity index (χ2n) is 5.77. The zero-order chi connectivity index (χ0) is 13.7. The molecule has 0 aliphatic heterocycles. The Labute approximate surface area is 116 Å². The molecule has 1 N–H and O–H groups in total. The lowest BCUT2D eigenvalue weighted by molar-refractivity contribution is 0.266. The van der Waals surface area contributed by atoms with Gasteiger partial charge < -0.3 is 5.32 Å². The van der Waals surface area contributed by atoms with E-state index in [0.29, 0.717) is 6.04 Å². The smallest absolute Gasteiger partial charge is 0.127 e. The van der Waals surface area contributed by atoms with Gasteiger partial charge in [-0.1, -0.05) is 38.5 Å². The average molecular weight is 263 g/mol. The minimum Gasteiger partial charge on any atom is -0.307 e. The van der Waals surface area contributed by atoms with Gasteiger partial charge >= 0.3 is 0 Å². The van der Waals surface area contributed by atoms with Crippen molar-refractivity contribution in [2.45, 2.75) is 64.5 Å². The van der Waals surface area contributed by atoms with Crippen molar-refractivity contribution in [3.05, 3.63) is 35.6 Å². The highest BCUT2D eigenvalue weighted by molar-refractivity contribution is 5.21. The molecule has 0 amide bonds. The van der Waals surface area contributed by atoms with Gasteiger partial charge in [0.1, 0.15) is 5.82 Å². The fourth-order valence-corrected chi connectivity index (χ4v) is 3.21. The number of benzene rings is 1. The minimum atomic E-state index is -0.0795. The fourth-order valence-electron chi connectivity index (χ4n) is 3.21. The van der Waals surface area contributed by atoms with E-state index in [9.17, 15) is 4.39 Å². The SMILES string of the molecule is CCC1CCC(NC(CC)c2ccccc2F)CC1. The topological polar surface area (TPSA) is 12.0 Å². The van der Waals surface area contributed by atoms with Crippen LogP contribution in [0.1, 0.15) is 64.0 Å². The van der Waals surface area contributed by atoms with Gasteiger partial charge in [0.05, 0.1) is 0 Å². The Balaban J connectivity index is 1.95. The van der Waals surface area contributed by atoms with Crippen molar-refractivity contribution in [1.82, 2.24) is 5.32 Å². The maximum atomic E-state index is 13.9. The predicted molar refractivity (Wildman–Crippen MR) is 78.6 cm³/mol. The molecule has 0 heterocycles. The molecule has 1 unspecified atom stereocenters. The zero-order valence-electron chi connectivity index (χ0n) is 12.2. The van der Waals surface area contributed by atoms with Gasteiger partial charge in [0.25, 0.3) is 0 Å². The Morgan fingerprint density at radius 1 is 1.16 bits per heavy atom. The Kier molecular flexibility index (Phi) is 5.38. The number of halogens is 1. The summed E-state index contributed by atoms with van der Waals surface area (Å²) >= 11 is 0. The molecule has 0 saturated heterocycles. The molecule has 1 aromatic carbocycles. The summed E-state index contributed by atoms with van der Waals surface area (Å²) in [6.07, 6.45) is 7.36. The molecule has 19 heavy (non-hydrogen) atoms. The molecule has 1 aliphatic carbocycles. The normalized spacial score (nSPS) is 25.2. The lowest BCUT2D eigenvalue weighted by Gasteiger charge is -2.32. The van der Waals surface area contributed by atoms with Gasteiger partial charge in [-0.25, -0.2) is 4.39 Å². The van der Waals surface area contributed by atoms with E-state index in [-0.39, 0.29) is 11.9 Å². The summed E-state index contributed by atoms with van der Waals surface area (Å²) in [6, 6.07) is 7.88. The standard InChI is InChI=1S/C17H26FN/c1-3-13-9-11-14(12-10-13)19-17(4-2)15-7-5-6-8-16(15)18/h5-8,13-14,17,19H,3-4,9-12H2,1-2H3. The predicted octanol–water partition coefficient (Wildman–Crippen LogP) is 4.84. The molecule has 1 aromatic rings. The van der Waals surface area contributed by atoms with E-state index in [1.54, 1.807) is 12.1 Å². The highest BCUT2D eigenvalue weighted by atomic mass is 19.1. The van der Waals surface area contributed by atoms with Crippen LogP contribution >= 0.6 is 0 Å². The van der Waals surface area contributed by atoms with E-state index in [1.165, 1.54) is 32.1 Å². The van der Waals surface area contributed by atoms with Gasteiger partial charge in [0.15, 0.2) is 0 Å². The van der Waals surface area contributed by atoms with Crippen LogP contribution in [-0.4, -0.2) is 6.04 Å². The van der Waals surface area contributed by atoms with Crippen molar-refractivity contribution in [3.8, 4) is 0 Å². The largest absolute Gasteiger partial charge is 0.307 e. The summed E-state index contributed by atoms with van der Waals surface area (Å²) in [6.45, 7) is 4.41. The maximum Gasteiger partial charge on any atom is 0.127 e. The van der Waals surface area contributed by atoms with Crippen LogP contribution in [0.4, 0.5) is 4.39 Å². The van der Waals surface area contributed by atoms with Gasteiger partial charge in [0, 0.05) is 17.6 Å². The van der Waals surface area contributed by atoms with Crippen molar-refractivity contribution in [2.24, 2.45) is 5.92 Å². The first-order valence-electron chi connectivity index (χ1n) is 7.75. The summed E-state index contributed by atoms with van der Waals surface area (Å²) in [4.78, 5) is 0. The van der Waals surface area contributed by atoms with Crippen LogP contribution < -0.4 is 5.32 Å². The molecule has 0 bridgehead atoms. The van der Waals surface area contributed by atoms with E-state index in [4.69, 9.17) is 0 Å². The van der Waals surface area contributed by atoms with Gasteiger partial charge in [0.2, 0.25) is 0 Å². The van der Waals surface area contributed by atoms with Gasteiger partial charge in [-0.2, -0.15) is 0 Å². The molecule has 1 aliphatic rings. The number of hydrogen-bond acceptors (Lipinski definition) is 1. The summed E-state index contributed by atoms with van der Waals surface area (Å²) in [5.41, 5.74) is 0.822. The summed E-state index contributed by atoms with van der Waals surface area (Å²) in [7, 11) is 0. The second kappa shape index (κ2) is 7.04. The van der Waals surface area contributed by atoms with Crippen LogP contribution in [0.15, 0.2) is 24.3 Å². The molecular weight excluding hydrogens is 237 g/mol. The van der Waals surface area contributed by atoms with E-state index in [1.807, 2.05) is 12.1 Å². The third-order valence-corrected chi connectivity index (χ3v) is 4.55. The van der Waals surface area contributed by atoms with Crippen molar-refractivity contribution in [3.63, 3.8) is 0 Å². The summed E-state index contributed by atoms with van der Waals surface area (Å²) < 4.78 is 13.9. The molecule has 1 atom stereocenters. The fraction of sp³-hybridized carbons (Fsp3) is 0.647. The van der Waals surface area contributed by atoms with Crippen LogP contribution in [0.2, 0.25) is 0 Å². The van der Waals surface area contributed by atoms with E-state index >= 15 is 0 Å². The van der Waals surface area contributed by atoms with Gasteiger partial charge in [-0.05, 0) is 44.1 Å². The molecule has 106 valence electrons. The molecule has 0 radical (unpaired) electrons. The Morgan fingerprint density at radius 2 is 1.84 bits per heavy atom. The maximum absolute atomic E-state index is 13.9. The monoisotopic (exact) mass is 263 g/mol. The van der Waals surface area contributed by atoms with E-state index < -0.39 is 0 Å². The first-order valence-corrected chi connectivity index (χ1v) is 7.75. The van der Waals surface area contributed by atoms with Crippen molar-refractivity contribution in [1.29, 1.82) is 0 Å². The van der Waals surface area contributed by atoms with Crippen LogP contribution in [0.5, 0.6) is 0 Å². The van der Waals surface area contributed by atoms with Crippen molar-refractivity contribution < 1.29 is 4.39 Å². The molecule has 0 spiro atoms. The molecule has 1 fully saturated rings. The highest BCUT2D eigenvalue weighted by Gasteiger charge is 2.23. The molecule has 2 rings (SSSR count). The van der Waals surface area contributed by atoms with Crippen molar-refractivity contribution in [2.75, 3.05) is 0 Å². The number of hydrogen-bond donors (Lipinski definition) is 1. The summed E-state index contributed by atoms with van der Waals surface area (Å²) in [5.74, 6) is 0.829. The zero-order valence-corrected chi connectivity index (χ0v) is 12.2. The average Bonchev–Trinajstić information content (AvgIpc) is 2.46. The van der Waals surface area contributed by atoms with Gasteiger partial charge in [-0.3, -0.25) is 0 Å². The highest BCUT2D eigenvalue weighted by Crippen LogP contribution is 2.29. The first kappa shape index (κ1) is 14.5. The molecule has 0 aromatic heterocycles. The van der Waals surface area contributed by atoms with E-state index in [2.05, 4.69) is 19.2 Å². The Bertz CT molecular complexity index is 383. The van der Waals surface area contributed by atoms with Gasteiger partial charge in [-0.15, -0.1) is 0 Å². The third kappa shape index (κ3) is 3.79. The third-order valence-electron chi connectivity index (χ3n) is 4.55.